The summed E-state index contributed by atoms with van der Waals surface area (Å²) in [6.45, 7) is 2.27. The number of carbonyl (C=O) groups is 1. The molecule has 0 heterocycles. The van der Waals surface area contributed by atoms with Gasteiger partial charge in [-0.2, -0.15) is 0 Å². The summed E-state index contributed by atoms with van der Waals surface area (Å²) in [4.78, 5) is 11.1. The van der Waals surface area contributed by atoms with Gasteiger partial charge in [0, 0.05) is 12.8 Å². The number of hydrogen-bond donors (Lipinski definition) is 0. The summed E-state index contributed by atoms with van der Waals surface area (Å²) in [5.74, 6) is 1.25. The molecule has 2 fully saturated rings. The second-order valence-electron chi connectivity index (χ2n) is 5.10. The Bertz CT molecular complexity index is 225. The van der Waals surface area contributed by atoms with Crippen molar-refractivity contribution in [3.8, 4) is 0 Å². The Morgan fingerprint density at radius 3 is 2.80 bits per heavy atom. The van der Waals surface area contributed by atoms with E-state index in [9.17, 15) is 4.79 Å². The van der Waals surface area contributed by atoms with Crippen LogP contribution in [0, 0.1) is 5.92 Å². The lowest BCUT2D eigenvalue weighted by molar-refractivity contribution is -0.118. The van der Waals surface area contributed by atoms with Crippen molar-refractivity contribution in [1.29, 1.82) is 0 Å². The molecule has 0 aliphatic heterocycles. The van der Waals surface area contributed by atoms with Gasteiger partial charge in [0.15, 0.2) is 0 Å². The first kappa shape index (κ1) is 11.1. The summed E-state index contributed by atoms with van der Waals surface area (Å²) in [6, 6.07) is 0. The van der Waals surface area contributed by atoms with Gasteiger partial charge in [0.2, 0.25) is 0 Å². The third kappa shape index (κ3) is 3.04. The lowest BCUT2D eigenvalue weighted by Gasteiger charge is -2.30. The van der Waals surface area contributed by atoms with Crippen molar-refractivity contribution in [2.45, 2.75) is 70.5 Å². The average molecular weight is 210 g/mol. The van der Waals surface area contributed by atoms with E-state index in [1.807, 2.05) is 0 Å². The number of rotatable bonds is 3. The van der Waals surface area contributed by atoms with Crippen LogP contribution in [-0.4, -0.2) is 18.0 Å². The molecule has 15 heavy (non-hydrogen) atoms. The number of ether oxygens (including phenoxy) is 1. The minimum absolute atomic E-state index is 0.248. The highest BCUT2D eigenvalue weighted by Gasteiger charge is 2.28. The molecule has 2 aliphatic rings. The molecule has 86 valence electrons. The molecule has 2 nitrogen and oxygen atoms in total. The minimum atomic E-state index is 0.248. The Labute approximate surface area is 92.4 Å². The monoisotopic (exact) mass is 210 g/mol. The first-order valence-electron chi connectivity index (χ1n) is 6.45. The maximum atomic E-state index is 11.1. The standard InChI is InChI=1S/C13H22O2/c1-2-10-4-3-5-12(8-10)15-13-7-6-11(14)9-13/h10,12-13H,2-9H2,1H3. The van der Waals surface area contributed by atoms with Crippen molar-refractivity contribution in [3.63, 3.8) is 0 Å². The number of carbonyl (C=O) groups excluding carboxylic acids is 1. The molecule has 0 aromatic rings. The van der Waals surface area contributed by atoms with Crippen molar-refractivity contribution in [1.82, 2.24) is 0 Å². The molecule has 3 unspecified atom stereocenters. The fourth-order valence-electron chi connectivity index (χ4n) is 2.90. The zero-order chi connectivity index (χ0) is 10.7. The van der Waals surface area contributed by atoms with Crippen molar-refractivity contribution in [2.75, 3.05) is 0 Å². The minimum Gasteiger partial charge on any atom is -0.375 e. The van der Waals surface area contributed by atoms with Crippen molar-refractivity contribution < 1.29 is 9.53 Å². The van der Waals surface area contributed by atoms with E-state index in [1.54, 1.807) is 0 Å². The molecule has 0 N–H and O–H groups in total. The number of ketones is 1. The predicted molar refractivity (Wildman–Crippen MR) is 59.8 cm³/mol. The quantitative estimate of drug-likeness (QED) is 0.715. The fraction of sp³-hybridized carbons (Fsp3) is 0.923. The molecule has 2 aliphatic carbocycles. The summed E-state index contributed by atoms with van der Waals surface area (Å²) in [5.41, 5.74) is 0. The molecule has 2 rings (SSSR count). The van der Waals surface area contributed by atoms with Gasteiger partial charge in [-0.25, -0.2) is 0 Å². The van der Waals surface area contributed by atoms with Crippen molar-refractivity contribution in [2.24, 2.45) is 5.92 Å². The highest BCUT2D eigenvalue weighted by Crippen LogP contribution is 2.31. The van der Waals surface area contributed by atoms with Gasteiger partial charge >= 0.3 is 0 Å². The van der Waals surface area contributed by atoms with Crippen LogP contribution in [0.2, 0.25) is 0 Å². The molecule has 0 aromatic heterocycles. The first-order chi connectivity index (χ1) is 7.28. The Morgan fingerprint density at radius 2 is 2.13 bits per heavy atom. The van der Waals surface area contributed by atoms with Crippen LogP contribution in [0.4, 0.5) is 0 Å². The van der Waals surface area contributed by atoms with Gasteiger partial charge in [-0.15, -0.1) is 0 Å². The predicted octanol–water partition coefficient (Wildman–Crippen LogP) is 3.09. The van der Waals surface area contributed by atoms with E-state index in [4.69, 9.17) is 4.74 Å². The summed E-state index contributed by atoms with van der Waals surface area (Å²) >= 11 is 0. The molecule has 0 aromatic carbocycles. The van der Waals surface area contributed by atoms with E-state index < -0.39 is 0 Å². The van der Waals surface area contributed by atoms with Crippen molar-refractivity contribution >= 4 is 5.78 Å². The Morgan fingerprint density at radius 1 is 1.27 bits per heavy atom. The second-order valence-corrected chi connectivity index (χ2v) is 5.10. The molecular weight excluding hydrogens is 188 g/mol. The van der Waals surface area contributed by atoms with Gasteiger partial charge in [0.05, 0.1) is 12.2 Å². The van der Waals surface area contributed by atoms with E-state index in [2.05, 4.69) is 6.92 Å². The lowest BCUT2D eigenvalue weighted by atomic mass is 9.85. The van der Waals surface area contributed by atoms with E-state index in [-0.39, 0.29) is 6.10 Å². The van der Waals surface area contributed by atoms with Crippen molar-refractivity contribution in [3.05, 3.63) is 0 Å². The first-order valence-corrected chi connectivity index (χ1v) is 6.45. The maximum absolute atomic E-state index is 11.1. The van der Waals surface area contributed by atoms with Gasteiger partial charge in [-0.3, -0.25) is 4.79 Å². The van der Waals surface area contributed by atoms with Crippen LogP contribution in [0.5, 0.6) is 0 Å². The highest BCUT2D eigenvalue weighted by atomic mass is 16.5. The van der Waals surface area contributed by atoms with Gasteiger partial charge < -0.3 is 4.74 Å². The summed E-state index contributed by atoms with van der Waals surface area (Å²) in [7, 11) is 0. The van der Waals surface area contributed by atoms with Crippen LogP contribution in [0.25, 0.3) is 0 Å². The Kier molecular flexibility index (Phi) is 3.79. The summed E-state index contributed by atoms with van der Waals surface area (Å²) in [6.07, 6.45) is 9.47. The molecule has 2 saturated carbocycles. The molecule has 0 amide bonds. The van der Waals surface area contributed by atoms with E-state index >= 15 is 0 Å². The topological polar surface area (TPSA) is 26.3 Å². The van der Waals surface area contributed by atoms with Gasteiger partial charge in [0.25, 0.3) is 0 Å². The second kappa shape index (κ2) is 5.11. The Hall–Kier alpha value is -0.370. The molecule has 3 atom stereocenters. The van der Waals surface area contributed by atoms with Gasteiger partial charge in [0.1, 0.15) is 5.78 Å². The van der Waals surface area contributed by atoms with E-state index in [0.29, 0.717) is 18.3 Å². The van der Waals surface area contributed by atoms with Crippen LogP contribution >= 0.6 is 0 Å². The molecular formula is C13H22O2. The lowest BCUT2D eigenvalue weighted by Crippen LogP contribution is -2.26. The summed E-state index contributed by atoms with van der Waals surface area (Å²) < 4.78 is 6.03. The number of Topliss-reactive ketones (excluding diaryl/α,β-unsaturated/α-hetero) is 1. The fourth-order valence-corrected chi connectivity index (χ4v) is 2.90. The molecule has 0 spiro atoms. The third-order valence-electron chi connectivity index (χ3n) is 3.90. The zero-order valence-electron chi connectivity index (χ0n) is 9.71. The smallest absolute Gasteiger partial charge is 0.135 e. The van der Waals surface area contributed by atoms with Crippen LogP contribution < -0.4 is 0 Å². The van der Waals surface area contributed by atoms with Gasteiger partial charge in [-0.05, 0) is 25.2 Å². The maximum Gasteiger partial charge on any atom is 0.135 e. The molecule has 0 bridgehead atoms. The molecule has 0 saturated heterocycles. The number of hydrogen-bond acceptors (Lipinski definition) is 2. The highest BCUT2D eigenvalue weighted by molar-refractivity contribution is 5.81. The Balaban J connectivity index is 1.76. The van der Waals surface area contributed by atoms with Crippen LogP contribution in [0.1, 0.15) is 58.3 Å². The average Bonchev–Trinajstić information content (AvgIpc) is 2.64. The molecule has 0 radical (unpaired) electrons. The normalized spacial score (nSPS) is 37.1. The zero-order valence-corrected chi connectivity index (χ0v) is 9.71. The third-order valence-corrected chi connectivity index (χ3v) is 3.90. The SMILES string of the molecule is CCC1CCCC(OC2CCC(=O)C2)C1. The van der Waals surface area contributed by atoms with E-state index in [0.717, 1.165) is 18.8 Å². The van der Waals surface area contributed by atoms with Crippen LogP contribution in [0.15, 0.2) is 0 Å². The van der Waals surface area contributed by atoms with Gasteiger partial charge in [-0.1, -0.05) is 26.2 Å². The van der Waals surface area contributed by atoms with E-state index in [1.165, 1.54) is 32.1 Å². The van der Waals surface area contributed by atoms with Crippen LogP contribution in [-0.2, 0) is 9.53 Å². The largest absolute Gasteiger partial charge is 0.375 e. The summed E-state index contributed by atoms with van der Waals surface area (Å²) in [5, 5.41) is 0. The van der Waals surface area contributed by atoms with Crippen LogP contribution in [0.3, 0.4) is 0 Å². The molecule has 2 heteroatoms.